The molecule has 1 aromatic heterocycles. The molecule has 0 aliphatic heterocycles. The highest BCUT2D eigenvalue weighted by Gasteiger charge is 2.30. The van der Waals surface area contributed by atoms with Crippen LogP contribution in [0.3, 0.4) is 0 Å². The minimum atomic E-state index is -3.51. The number of nitrogens with one attached hydrogen (secondary N) is 1. The monoisotopic (exact) mass is 453 g/mol. The zero-order valence-electron chi connectivity index (χ0n) is 17.1. The highest BCUT2D eigenvalue weighted by atomic mass is 32.2. The second-order valence-electron chi connectivity index (χ2n) is 6.50. The fourth-order valence-corrected chi connectivity index (χ4v) is 4.86. The zero-order valence-corrected chi connectivity index (χ0v) is 18.8. The van der Waals surface area contributed by atoms with Gasteiger partial charge in [-0.25, -0.2) is 13.1 Å². The number of hydrogen-bond donors (Lipinski definition) is 1. The summed E-state index contributed by atoms with van der Waals surface area (Å²) >= 11 is 1.46. The third kappa shape index (κ3) is 7.23. The predicted molar refractivity (Wildman–Crippen MR) is 115 cm³/mol. The molecule has 164 valence electrons. The van der Waals surface area contributed by atoms with Crippen LogP contribution in [-0.2, 0) is 41.9 Å². The van der Waals surface area contributed by atoms with E-state index in [4.69, 9.17) is 9.47 Å². The van der Waals surface area contributed by atoms with E-state index in [-0.39, 0.29) is 24.5 Å². The summed E-state index contributed by atoms with van der Waals surface area (Å²) in [6.07, 6.45) is 1.53. The maximum absolute atomic E-state index is 12.2. The van der Waals surface area contributed by atoms with E-state index in [0.29, 0.717) is 19.4 Å². The van der Waals surface area contributed by atoms with Crippen LogP contribution in [-0.4, -0.2) is 40.1 Å². The first-order chi connectivity index (χ1) is 14.4. The zero-order chi connectivity index (χ0) is 22.0. The van der Waals surface area contributed by atoms with Crippen LogP contribution < -0.4 is 4.72 Å². The fraction of sp³-hybridized carbons (Fsp3) is 0.429. The van der Waals surface area contributed by atoms with E-state index >= 15 is 0 Å². The van der Waals surface area contributed by atoms with Gasteiger partial charge in [0, 0.05) is 17.8 Å². The number of benzene rings is 1. The molecule has 30 heavy (non-hydrogen) atoms. The second kappa shape index (κ2) is 11.8. The van der Waals surface area contributed by atoms with Crippen molar-refractivity contribution in [2.24, 2.45) is 5.92 Å². The van der Waals surface area contributed by atoms with E-state index in [1.165, 1.54) is 11.3 Å². The average molecular weight is 454 g/mol. The Balaban J connectivity index is 1.88. The molecule has 1 heterocycles. The molecule has 9 heteroatoms. The van der Waals surface area contributed by atoms with Crippen LogP contribution in [0.15, 0.2) is 46.7 Å². The SMILES string of the molecule is CCOC(=O)C(Cc1cc(CCCNS(=O)(=O)c2ccccc2)cs1)C(=O)OCC. The Labute approximate surface area is 181 Å². The Kier molecular flexibility index (Phi) is 9.48. The number of carbonyl (C=O) groups excluding carboxylic acids is 2. The lowest BCUT2D eigenvalue weighted by Crippen LogP contribution is -2.29. The molecule has 1 aromatic carbocycles. The Bertz CT molecular complexity index is 906. The van der Waals surface area contributed by atoms with Gasteiger partial charge in [0.1, 0.15) is 0 Å². The quantitative estimate of drug-likeness (QED) is 0.301. The number of carbonyl (C=O) groups is 2. The molecule has 0 amide bonds. The smallest absolute Gasteiger partial charge is 0.320 e. The van der Waals surface area contributed by atoms with Gasteiger partial charge in [-0.3, -0.25) is 9.59 Å². The summed E-state index contributed by atoms with van der Waals surface area (Å²) in [4.78, 5) is 25.3. The first-order valence-electron chi connectivity index (χ1n) is 9.81. The number of hydrogen-bond acceptors (Lipinski definition) is 7. The van der Waals surface area contributed by atoms with Crippen molar-refractivity contribution in [2.45, 2.75) is 38.0 Å². The van der Waals surface area contributed by atoms with Gasteiger partial charge in [0.05, 0.1) is 18.1 Å². The van der Waals surface area contributed by atoms with Gasteiger partial charge < -0.3 is 9.47 Å². The van der Waals surface area contributed by atoms with Gasteiger partial charge in [0.25, 0.3) is 0 Å². The molecule has 0 aliphatic rings. The summed E-state index contributed by atoms with van der Waals surface area (Å²) in [5.74, 6) is -2.14. The fourth-order valence-electron chi connectivity index (χ4n) is 2.80. The molecule has 0 spiro atoms. The largest absolute Gasteiger partial charge is 0.465 e. The molecular formula is C21H27NO6S2. The van der Waals surface area contributed by atoms with E-state index in [9.17, 15) is 18.0 Å². The van der Waals surface area contributed by atoms with Crippen LogP contribution in [0, 0.1) is 5.92 Å². The molecule has 2 rings (SSSR count). The van der Waals surface area contributed by atoms with Crippen LogP contribution in [0.1, 0.15) is 30.7 Å². The molecule has 0 bridgehead atoms. The lowest BCUT2D eigenvalue weighted by atomic mass is 10.0. The first kappa shape index (κ1) is 24.0. The molecule has 0 saturated carbocycles. The van der Waals surface area contributed by atoms with Gasteiger partial charge in [0.15, 0.2) is 5.92 Å². The Hall–Kier alpha value is -2.23. The molecule has 0 saturated heterocycles. The minimum Gasteiger partial charge on any atom is -0.465 e. The molecule has 0 radical (unpaired) electrons. The van der Waals surface area contributed by atoms with Gasteiger partial charge in [-0.2, -0.15) is 0 Å². The highest BCUT2D eigenvalue weighted by molar-refractivity contribution is 7.89. The number of esters is 2. The third-order valence-corrected chi connectivity index (χ3v) is 6.73. The molecule has 0 aliphatic carbocycles. The van der Waals surface area contributed by atoms with Crippen molar-refractivity contribution in [2.75, 3.05) is 19.8 Å². The summed E-state index contributed by atoms with van der Waals surface area (Å²) in [5.41, 5.74) is 1.03. The van der Waals surface area contributed by atoms with Gasteiger partial charge in [0.2, 0.25) is 10.0 Å². The Morgan fingerprint density at radius 3 is 2.30 bits per heavy atom. The van der Waals surface area contributed by atoms with Crippen LogP contribution >= 0.6 is 11.3 Å². The Morgan fingerprint density at radius 1 is 1.07 bits per heavy atom. The molecule has 2 aromatic rings. The van der Waals surface area contributed by atoms with Crippen LogP contribution in [0.5, 0.6) is 0 Å². The normalized spacial score (nSPS) is 11.4. The van der Waals surface area contributed by atoms with Gasteiger partial charge in [-0.1, -0.05) is 18.2 Å². The minimum absolute atomic E-state index is 0.198. The Morgan fingerprint density at radius 2 is 1.70 bits per heavy atom. The number of thiophene rings is 1. The highest BCUT2D eigenvalue weighted by Crippen LogP contribution is 2.21. The van der Waals surface area contributed by atoms with Gasteiger partial charge in [-0.05, 0) is 55.8 Å². The van der Waals surface area contributed by atoms with Crippen molar-refractivity contribution in [1.29, 1.82) is 0 Å². The summed E-state index contributed by atoms with van der Waals surface area (Å²) in [6.45, 7) is 4.09. The van der Waals surface area contributed by atoms with E-state index in [0.717, 1.165) is 10.4 Å². The number of ether oxygens (including phenoxy) is 2. The van der Waals surface area contributed by atoms with E-state index in [1.54, 1.807) is 44.2 Å². The van der Waals surface area contributed by atoms with Crippen molar-refractivity contribution < 1.29 is 27.5 Å². The van der Waals surface area contributed by atoms with E-state index < -0.39 is 27.9 Å². The van der Waals surface area contributed by atoms with Crippen molar-refractivity contribution in [1.82, 2.24) is 4.72 Å². The molecule has 1 N–H and O–H groups in total. The molecule has 0 fully saturated rings. The van der Waals surface area contributed by atoms with Gasteiger partial charge >= 0.3 is 11.9 Å². The third-order valence-electron chi connectivity index (χ3n) is 4.24. The van der Waals surface area contributed by atoms with Crippen LogP contribution in [0.2, 0.25) is 0 Å². The van der Waals surface area contributed by atoms with Crippen LogP contribution in [0.4, 0.5) is 0 Å². The van der Waals surface area contributed by atoms with Crippen LogP contribution in [0.25, 0.3) is 0 Å². The predicted octanol–water partition coefficient (Wildman–Crippen LogP) is 2.94. The number of rotatable bonds is 12. The van der Waals surface area contributed by atoms with Crippen molar-refractivity contribution in [3.05, 3.63) is 52.2 Å². The van der Waals surface area contributed by atoms with E-state index in [1.807, 2.05) is 11.4 Å². The standard InChI is InChI=1S/C21H27NO6S2/c1-3-27-20(23)19(21(24)28-4-2)14-17-13-16(15-29-17)9-8-12-22-30(25,26)18-10-6-5-7-11-18/h5-7,10-11,13,15,19,22H,3-4,8-9,12,14H2,1-2H3. The maximum Gasteiger partial charge on any atom is 0.320 e. The molecule has 0 unspecified atom stereocenters. The number of aryl methyl sites for hydroxylation is 1. The van der Waals surface area contributed by atoms with Crippen molar-refractivity contribution >= 4 is 33.3 Å². The molecular weight excluding hydrogens is 426 g/mol. The first-order valence-corrected chi connectivity index (χ1v) is 12.2. The lowest BCUT2D eigenvalue weighted by Gasteiger charge is -2.13. The molecule has 7 nitrogen and oxygen atoms in total. The van der Waals surface area contributed by atoms with Crippen molar-refractivity contribution in [3.8, 4) is 0 Å². The summed E-state index contributed by atoms with van der Waals surface area (Å²) in [7, 11) is -3.51. The molecule has 0 atom stereocenters. The lowest BCUT2D eigenvalue weighted by molar-refractivity contribution is -0.161. The maximum atomic E-state index is 12.2. The topological polar surface area (TPSA) is 98.8 Å². The average Bonchev–Trinajstić information content (AvgIpc) is 3.18. The van der Waals surface area contributed by atoms with E-state index in [2.05, 4.69) is 4.72 Å². The second-order valence-corrected chi connectivity index (χ2v) is 9.26. The van der Waals surface area contributed by atoms with Gasteiger partial charge in [-0.15, -0.1) is 11.3 Å². The van der Waals surface area contributed by atoms with Crippen molar-refractivity contribution in [3.63, 3.8) is 0 Å². The number of sulfonamides is 1. The summed E-state index contributed by atoms with van der Waals surface area (Å²) in [5, 5.41) is 1.95. The summed E-state index contributed by atoms with van der Waals surface area (Å²) < 4.78 is 37.0. The summed E-state index contributed by atoms with van der Waals surface area (Å²) in [6, 6.07) is 10.2.